The molecule has 1 aliphatic carbocycles. The van der Waals surface area contributed by atoms with Crippen LogP contribution in [0.25, 0.3) is 16.7 Å². The molecule has 1 atom stereocenters. The van der Waals surface area contributed by atoms with Gasteiger partial charge in [-0.25, -0.2) is 14.3 Å². The summed E-state index contributed by atoms with van der Waals surface area (Å²) in [6.45, 7) is 1.84. The summed E-state index contributed by atoms with van der Waals surface area (Å²) in [6.07, 6.45) is 2.99. The van der Waals surface area contributed by atoms with Crippen molar-refractivity contribution in [1.82, 2.24) is 25.1 Å². The van der Waals surface area contributed by atoms with Crippen molar-refractivity contribution < 1.29 is 9.90 Å². The van der Waals surface area contributed by atoms with Crippen LogP contribution in [-0.2, 0) is 0 Å². The molecule has 1 fully saturated rings. The van der Waals surface area contributed by atoms with Crippen molar-refractivity contribution in [3.05, 3.63) is 52.2 Å². The molecule has 1 saturated carbocycles. The Labute approximate surface area is 148 Å². The van der Waals surface area contributed by atoms with E-state index in [2.05, 4.69) is 20.5 Å². The van der Waals surface area contributed by atoms with Gasteiger partial charge in [-0.1, -0.05) is 19.1 Å². The van der Waals surface area contributed by atoms with Crippen molar-refractivity contribution >= 4 is 17.0 Å². The van der Waals surface area contributed by atoms with Crippen molar-refractivity contribution in [2.75, 3.05) is 0 Å². The molecule has 0 aliphatic heterocycles. The summed E-state index contributed by atoms with van der Waals surface area (Å²) in [4.78, 5) is 29.3. The van der Waals surface area contributed by atoms with Crippen LogP contribution < -0.4 is 10.9 Å². The van der Waals surface area contributed by atoms with Crippen LogP contribution in [0.4, 0.5) is 4.79 Å². The van der Waals surface area contributed by atoms with Gasteiger partial charge in [0, 0.05) is 6.07 Å². The molecule has 8 heteroatoms. The van der Waals surface area contributed by atoms with Gasteiger partial charge >= 0.3 is 6.09 Å². The second-order valence-corrected chi connectivity index (χ2v) is 6.48. The van der Waals surface area contributed by atoms with E-state index in [1.54, 1.807) is 18.3 Å². The lowest BCUT2D eigenvalue weighted by molar-refractivity contribution is 0.188. The van der Waals surface area contributed by atoms with Crippen molar-refractivity contribution in [3.8, 4) is 5.82 Å². The Morgan fingerprint density at radius 3 is 2.85 bits per heavy atom. The molecule has 0 saturated heterocycles. The first-order valence-electron chi connectivity index (χ1n) is 8.65. The van der Waals surface area contributed by atoms with Gasteiger partial charge in [-0.2, -0.15) is 5.10 Å². The molecule has 0 bridgehead atoms. The average Bonchev–Trinajstić information content (AvgIpc) is 3.34. The van der Waals surface area contributed by atoms with Crippen LogP contribution in [-0.4, -0.2) is 30.9 Å². The zero-order chi connectivity index (χ0) is 18.3. The van der Waals surface area contributed by atoms with E-state index in [1.165, 1.54) is 4.57 Å². The largest absolute Gasteiger partial charge is 0.465 e. The van der Waals surface area contributed by atoms with Gasteiger partial charge in [-0.15, -0.1) is 0 Å². The highest BCUT2D eigenvalue weighted by atomic mass is 16.4. The Morgan fingerprint density at radius 1 is 1.42 bits per heavy atom. The number of nitrogens with one attached hydrogen (secondary N) is 2. The maximum atomic E-state index is 13.4. The summed E-state index contributed by atoms with van der Waals surface area (Å²) in [5.74, 6) is 1.22. The van der Waals surface area contributed by atoms with E-state index in [4.69, 9.17) is 5.11 Å². The maximum Gasteiger partial charge on any atom is 0.405 e. The molecule has 3 aromatic rings. The number of carbonyl (C=O) groups is 1. The molecule has 1 unspecified atom stereocenters. The first-order chi connectivity index (χ1) is 12.6. The summed E-state index contributed by atoms with van der Waals surface area (Å²) in [6, 6.07) is 6.74. The zero-order valence-corrected chi connectivity index (χ0v) is 14.3. The highest BCUT2D eigenvalue weighted by molar-refractivity contribution is 5.82. The summed E-state index contributed by atoms with van der Waals surface area (Å²) < 4.78 is 1.44. The Morgan fingerprint density at radius 2 is 2.23 bits per heavy atom. The van der Waals surface area contributed by atoms with Crippen molar-refractivity contribution in [1.29, 1.82) is 0 Å². The Kier molecular flexibility index (Phi) is 3.95. The lowest BCUT2D eigenvalue weighted by Crippen LogP contribution is -2.34. The molecule has 4 rings (SSSR count). The first kappa shape index (κ1) is 16.3. The SMILES string of the molecule is CCC(NC(=O)O)c1nc2cccc(C3CC3)c2c(=O)n1-c1ccn[nH]1. The standard InChI is InChI=1S/C18H19N5O3/c1-2-12(21-18(25)26)16-20-13-5-3-4-11(10-6-7-10)15(13)17(24)23(16)14-8-9-19-22-14/h3-5,8-10,12,21H,2,6-7H2,1H3,(H,19,22)(H,25,26). The van der Waals surface area contributed by atoms with Gasteiger partial charge in [-0.05, 0) is 36.8 Å². The smallest absolute Gasteiger partial charge is 0.405 e. The van der Waals surface area contributed by atoms with E-state index in [-0.39, 0.29) is 5.56 Å². The van der Waals surface area contributed by atoms with Crippen LogP contribution >= 0.6 is 0 Å². The predicted molar refractivity (Wildman–Crippen MR) is 95.7 cm³/mol. The summed E-state index contributed by atoms with van der Waals surface area (Å²) >= 11 is 0. The lowest BCUT2D eigenvalue weighted by atomic mass is 10.0. The van der Waals surface area contributed by atoms with Crippen LogP contribution in [0, 0.1) is 0 Å². The molecular formula is C18H19N5O3. The third-order valence-electron chi connectivity index (χ3n) is 4.72. The number of rotatable bonds is 5. The number of benzene rings is 1. The van der Waals surface area contributed by atoms with Crippen molar-refractivity contribution in [2.45, 2.75) is 38.1 Å². The molecule has 26 heavy (non-hydrogen) atoms. The van der Waals surface area contributed by atoms with Crippen molar-refractivity contribution in [2.24, 2.45) is 0 Å². The Bertz CT molecular complexity index is 1020. The minimum atomic E-state index is -1.16. The minimum absolute atomic E-state index is 0.206. The second-order valence-electron chi connectivity index (χ2n) is 6.48. The van der Waals surface area contributed by atoms with Gasteiger partial charge in [0.15, 0.2) is 0 Å². The van der Waals surface area contributed by atoms with Gasteiger partial charge in [0.05, 0.1) is 23.1 Å². The van der Waals surface area contributed by atoms with Crippen molar-refractivity contribution in [3.63, 3.8) is 0 Å². The summed E-state index contributed by atoms with van der Waals surface area (Å²) in [7, 11) is 0. The fraction of sp³-hybridized carbons (Fsp3) is 0.333. The number of aromatic amines is 1. The number of aromatic nitrogens is 4. The third-order valence-corrected chi connectivity index (χ3v) is 4.72. The number of hydrogen-bond donors (Lipinski definition) is 3. The summed E-state index contributed by atoms with van der Waals surface area (Å²) in [5.41, 5.74) is 1.40. The van der Waals surface area contributed by atoms with E-state index < -0.39 is 12.1 Å². The van der Waals surface area contributed by atoms with Gasteiger partial charge < -0.3 is 10.4 Å². The molecule has 134 valence electrons. The maximum absolute atomic E-state index is 13.4. The lowest BCUT2D eigenvalue weighted by Gasteiger charge is -2.20. The van der Waals surface area contributed by atoms with E-state index in [9.17, 15) is 9.59 Å². The van der Waals surface area contributed by atoms with Crippen LogP contribution in [0.15, 0.2) is 35.3 Å². The summed E-state index contributed by atoms with van der Waals surface area (Å²) in [5, 5.41) is 18.9. The normalized spacial score (nSPS) is 15.1. The zero-order valence-electron chi connectivity index (χ0n) is 14.3. The number of carboxylic acid groups (broad SMARTS) is 1. The Balaban J connectivity index is 2.03. The minimum Gasteiger partial charge on any atom is -0.465 e. The van der Waals surface area contributed by atoms with E-state index in [0.29, 0.717) is 34.9 Å². The fourth-order valence-electron chi connectivity index (χ4n) is 3.35. The number of amides is 1. The number of nitrogens with zero attached hydrogens (tertiary/aromatic N) is 3. The molecule has 1 amide bonds. The highest BCUT2D eigenvalue weighted by Crippen LogP contribution is 2.42. The molecule has 3 N–H and O–H groups in total. The van der Waals surface area contributed by atoms with E-state index in [1.807, 2.05) is 19.1 Å². The molecule has 2 aromatic heterocycles. The third kappa shape index (κ3) is 2.73. The molecule has 2 heterocycles. The van der Waals surface area contributed by atoms with Gasteiger partial charge in [-0.3, -0.25) is 9.89 Å². The number of hydrogen-bond acceptors (Lipinski definition) is 4. The van der Waals surface area contributed by atoms with Gasteiger partial charge in [0.2, 0.25) is 0 Å². The van der Waals surface area contributed by atoms with Crippen LogP contribution in [0.2, 0.25) is 0 Å². The van der Waals surface area contributed by atoms with Crippen LogP contribution in [0.1, 0.15) is 49.5 Å². The molecule has 0 radical (unpaired) electrons. The molecule has 8 nitrogen and oxygen atoms in total. The second kappa shape index (κ2) is 6.29. The molecular weight excluding hydrogens is 334 g/mol. The molecule has 1 aliphatic rings. The quantitative estimate of drug-likeness (QED) is 0.653. The van der Waals surface area contributed by atoms with Gasteiger partial charge in [0.1, 0.15) is 11.6 Å². The fourth-order valence-corrected chi connectivity index (χ4v) is 3.35. The van der Waals surface area contributed by atoms with Crippen LogP contribution in [0.3, 0.4) is 0 Å². The monoisotopic (exact) mass is 353 g/mol. The van der Waals surface area contributed by atoms with E-state index >= 15 is 0 Å². The van der Waals surface area contributed by atoms with Crippen LogP contribution in [0.5, 0.6) is 0 Å². The first-order valence-corrected chi connectivity index (χ1v) is 8.65. The highest BCUT2D eigenvalue weighted by Gasteiger charge is 2.29. The van der Waals surface area contributed by atoms with Gasteiger partial charge in [0.25, 0.3) is 5.56 Å². The van der Waals surface area contributed by atoms with E-state index in [0.717, 1.165) is 18.4 Å². The molecule has 1 aromatic carbocycles. The average molecular weight is 353 g/mol. The molecule has 0 spiro atoms. The topological polar surface area (TPSA) is 113 Å². The predicted octanol–water partition coefficient (Wildman–Crippen LogP) is 2.70. The Hall–Kier alpha value is -3.16. The number of H-pyrrole nitrogens is 1. The number of fused-ring (bicyclic) bond motifs is 1.